The van der Waals surface area contributed by atoms with Gasteiger partial charge in [0.25, 0.3) is 5.56 Å². The second kappa shape index (κ2) is 3.91. The minimum Gasteiger partial charge on any atom is -0.389 e. The Kier molecular flexibility index (Phi) is 2.47. The monoisotopic (exact) mass is 250 g/mol. The van der Waals surface area contributed by atoms with Gasteiger partial charge < -0.3 is 25.5 Å². The molecule has 7 heteroatoms. The molecule has 1 aliphatic rings. The zero-order valence-electron chi connectivity index (χ0n) is 9.71. The highest BCUT2D eigenvalue weighted by atomic mass is 16.3. The third-order valence-electron chi connectivity index (χ3n) is 3.48. The summed E-state index contributed by atoms with van der Waals surface area (Å²) in [5, 5.41) is 22.8. The van der Waals surface area contributed by atoms with Crippen LogP contribution >= 0.6 is 0 Å². The minimum atomic E-state index is -0.917. The normalized spacial score (nSPS) is 32.2. The lowest BCUT2D eigenvalue weighted by molar-refractivity contribution is 0.0303. The predicted octanol–water partition coefficient (Wildman–Crippen LogP) is -0.994. The summed E-state index contributed by atoms with van der Waals surface area (Å²) in [5.74, 6) is 0. The summed E-state index contributed by atoms with van der Waals surface area (Å²) < 4.78 is 0. The van der Waals surface area contributed by atoms with Gasteiger partial charge in [-0.3, -0.25) is 4.79 Å². The van der Waals surface area contributed by atoms with Crippen molar-refractivity contribution >= 4 is 11.0 Å². The van der Waals surface area contributed by atoms with Crippen LogP contribution in [0.25, 0.3) is 11.0 Å². The molecule has 1 aliphatic heterocycles. The van der Waals surface area contributed by atoms with Gasteiger partial charge in [-0.05, 0) is 6.92 Å². The van der Waals surface area contributed by atoms with E-state index in [9.17, 15) is 15.0 Å². The summed E-state index contributed by atoms with van der Waals surface area (Å²) in [4.78, 5) is 21.0. The molecule has 0 bridgehead atoms. The number of fused-ring (bicyclic) bond motifs is 1. The zero-order valence-corrected chi connectivity index (χ0v) is 9.71. The van der Waals surface area contributed by atoms with E-state index in [0.29, 0.717) is 16.6 Å². The largest absolute Gasteiger partial charge is 0.389 e. The predicted molar refractivity (Wildman–Crippen MR) is 64.1 cm³/mol. The van der Waals surface area contributed by atoms with E-state index >= 15 is 0 Å². The Morgan fingerprint density at radius 1 is 1.28 bits per heavy atom. The van der Waals surface area contributed by atoms with E-state index in [4.69, 9.17) is 0 Å². The third-order valence-corrected chi connectivity index (χ3v) is 3.48. The van der Waals surface area contributed by atoms with E-state index in [1.165, 1.54) is 6.33 Å². The topological polar surface area (TPSA) is 114 Å². The van der Waals surface area contributed by atoms with Gasteiger partial charge in [0.15, 0.2) is 0 Å². The second-order valence-electron chi connectivity index (χ2n) is 4.61. The van der Waals surface area contributed by atoms with E-state index in [1.807, 2.05) is 0 Å². The van der Waals surface area contributed by atoms with Gasteiger partial charge in [0.2, 0.25) is 0 Å². The number of H-pyrrole nitrogens is 2. The van der Waals surface area contributed by atoms with Crippen LogP contribution in [-0.4, -0.2) is 43.4 Å². The van der Waals surface area contributed by atoms with Crippen LogP contribution in [0.4, 0.5) is 0 Å². The Bertz CT molecular complexity index is 634. The van der Waals surface area contributed by atoms with E-state index < -0.39 is 18.2 Å². The lowest BCUT2D eigenvalue weighted by Gasteiger charge is -2.14. The summed E-state index contributed by atoms with van der Waals surface area (Å²) in [5.41, 5.74) is 1.31. The summed E-state index contributed by atoms with van der Waals surface area (Å²) in [6, 6.07) is -0.644. The SMILES string of the molecule is C[C@H]1N[C@@H](c2c[nH]c3c(=O)[nH]cnc23)C(O)[C@H]1O. The Balaban J connectivity index is 2.11. The maximum Gasteiger partial charge on any atom is 0.275 e. The lowest BCUT2D eigenvalue weighted by atomic mass is 10.0. The molecule has 0 spiro atoms. The van der Waals surface area contributed by atoms with Gasteiger partial charge in [0, 0.05) is 17.8 Å². The average molecular weight is 250 g/mol. The maximum absolute atomic E-state index is 11.6. The highest BCUT2D eigenvalue weighted by Crippen LogP contribution is 2.30. The van der Waals surface area contributed by atoms with Crippen molar-refractivity contribution < 1.29 is 10.2 Å². The van der Waals surface area contributed by atoms with E-state index in [0.717, 1.165) is 0 Å². The van der Waals surface area contributed by atoms with Crippen molar-refractivity contribution in [2.75, 3.05) is 0 Å². The van der Waals surface area contributed by atoms with Gasteiger partial charge >= 0.3 is 0 Å². The maximum atomic E-state index is 11.6. The first-order valence-electron chi connectivity index (χ1n) is 5.76. The Hall–Kier alpha value is -1.70. The van der Waals surface area contributed by atoms with Gasteiger partial charge in [0.1, 0.15) is 17.1 Å². The standard InChI is InChI=1S/C11H14N4O3/c1-4-9(16)10(17)7(15-4)5-2-12-8-6(5)13-3-14-11(8)18/h2-4,7,9-10,12,15-17H,1H3,(H,13,14,18)/t4-,7+,9+,10?/m1/s1. The molecule has 7 nitrogen and oxygen atoms in total. The van der Waals surface area contributed by atoms with E-state index in [-0.39, 0.29) is 11.6 Å². The van der Waals surface area contributed by atoms with Crippen LogP contribution < -0.4 is 10.9 Å². The molecule has 1 fully saturated rings. The Morgan fingerprint density at radius 3 is 2.72 bits per heavy atom. The van der Waals surface area contributed by atoms with Crippen molar-refractivity contribution in [2.24, 2.45) is 0 Å². The van der Waals surface area contributed by atoms with Crippen molar-refractivity contribution in [3.8, 4) is 0 Å². The van der Waals surface area contributed by atoms with Crippen molar-refractivity contribution in [1.29, 1.82) is 0 Å². The van der Waals surface area contributed by atoms with Gasteiger partial charge in [-0.1, -0.05) is 0 Å². The van der Waals surface area contributed by atoms with E-state index in [2.05, 4.69) is 20.3 Å². The van der Waals surface area contributed by atoms with Crippen LogP contribution in [-0.2, 0) is 0 Å². The fraction of sp³-hybridized carbons (Fsp3) is 0.455. The molecule has 4 atom stereocenters. The van der Waals surface area contributed by atoms with Crippen LogP contribution in [0.2, 0.25) is 0 Å². The second-order valence-corrected chi connectivity index (χ2v) is 4.61. The number of aliphatic hydroxyl groups is 2. The Labute approximate surface area is 102 Å². The molecule has 1 unspecified atom stereocenters. The van der Waals surface area contributed by atoms with Gasteiger partial charge in [0.05, 0.1) is 18.5 Å². The Morgan fingerprint density at radius 2 is 2.06 bits per heavy atom. The molecule has 3 heterocycles. The number of aliphatic hydroxyl groups excluding tert-OH is 2. The smallest absolute Gasteiger partial charge is 0.275 e. The highest BCUT2D eigenvalue weighted by Gasteiger charge is 2.40. The van der Waals surface area contributed by atoms with Gasteiger partial charge in [-0.2, -0.15) is 0 Å². The van der Waals surface area contributed by atoms with Crippen LogP contribution in [0.5, 0.6) is 0 Å². The molecule has 0 radical (unpaired) electrons. The molecule has 3 rings (SSSR count). The first-order chi connectivity index (χ1) is 8.59. The molecule has 18 heavy (non-hydrogen) atoms. The molecule has 0 amide bonds. The van der Waals surface area contributed by atoms with E-state index in [1.54, 1.807) is 13.1 Å². The zero-order chi connectivity index (χ0) is 12.9. The van der Waals surface area contributed by atoms with Gasteiger partial charge in [-0.25, -0.2) is 4.98 Å². The fourth-order valence-corrected chi connectivity index (χ4v) is 2.45. The summed E-state index contributed by atoms with van der Waals surface area (Å²) in [6.07, 6.45) is 1.21. The van der Waals surface area contributed by atoms with Gasteiger partial charge in [-0.15, -0.1) is 0 Å². The molecule has 2 aromatic rings. The molecule has 2 aromatic heterocycles. The number of nitrogens with zero attached hydrogens (tertiary/aromatic N) is 1. The van der Waals surface area contributed by atoms with Crippen LogP contribution in [0.15, 0.2) is 17.3 Å². The van der Waals surface area contributed by atoms with Crippen molar-refractivity contribution in [2.45, 2.75) is 31.2 Å². The number of aromatic amines is 2. The molecular weight excluding hydrogens is 236 g/mol. The number of nitrogens with one attached hydrogen (secondary N) is 3. The first kappa shape index (κ1) is 11.4. The molecule has 0 aliphatic carbocycles. The third kappa shape index (κ3) is 1.48. The molecule has 5 N–H and O–H groups in total. The summed E-state index contributed by atoms with van der Waals surface area (Å²) in [6.45, 7) is 1.79. The highest BCUT2D eigenvalue weighted by molar-refractivity contribution is 5.78. The quantitative estimate of drug-likeness (QED) is 0.445. The average Bonchev–Trinajstić information content (AvgIpc) is 2.88. The van der Waals surface area contributed by atoms with Crippen LogP contribution in [0, 0.1) is 0 Å². The molecule has 0 saturated carbocycles. The van der Waals surface area contributed by atoms with Crippen molar-refractivity contribution in [3.05, 3.63) is 28.4 Å². The van der Waals surface area contributed by atoms with Crippen molar-refractivity contribution in [1.82, 2.24) is 20.3 Å². The van der Waals surface area contributed by atoms with Crippen LogP contribution in [0.1, 0.15) is 18.5 Å². The number of hydrogen-bond donors (Lipinski definition) is 5. The number of aromatic nitrogens is 3. The van der Waals surface area contributed by atoms with Crippen LogP contribution in [0.3, 0.4) is 0 Å². The van der Waals surface area contributed by atoms with Crippen molar-refractivity contribution in [3.63, 3.8) is 0 Å². The summed E-state index contributed by atoms with van der Waals surface area (Å²) >= 11 is 0. The number of hydrogen-bond acceptors (Lipinski definition) is 5. The number of rotatable bonds is 1. The molecular formula is C11H14N4O3. The molecule has 1 saturated heterocycles. The molecule has 0 aromatic carbocycles. The lowest BCUT2D eigenvalue weighted by Crippen LogP contribution is -2.29. The fourth-order valence-electron chi connectivity index (χ4n) is 2.45. The first-order valence-corrected chi connectivity index (χ1v) is 5.76. The summed E-state index contributed by atoms with van der Waals surface area (Å²) in [7, 11) is 0. The molecule has 96 valence electrons. The minimum absolute atomic E-state index is 0.211.